The smallest absolute Gasteiger partial charge is 0.276 e. The first-order chi connectivity index (χ1) is 13.0. The number of rotatable bonds is 5. The van der Waals surface area contributed by atoms with Crippen molar-refractivity contribution < 1.29 is 14.5 Å². The van der Waals surface area contributed by atoms with Crippen molar-refractivity contribution in [2.45, 2.75) is 12.8 Å². The van der Waals surface area contributed by atoms with Crippen LogP contribution in [-0.4, -0.2) is 34.7 Å². The summed E-state index contributed by atoms with van der Waals surface area (Å²) in [6.45, 7) is 1.57. The van der Waals surface area contributed by atoms with Gasteiger partial charge in [0.1, 0.15) is 0 Å². The van der Waals surface area contributed by atoms with Crippen molar-refractivity contribution in [2.24, 2.45) is 0 Å². The molecule has 1 N–H and O–H groups in total. The largest absolute Gasteiger partial charge is 0.339 e. The summed E-state index contributed by atoms with van der Waals surface area (Å²) >= 11 is 0. The van der Waals surface area contributed by atoms with Crippen LogP contribution in [0.1, 0.15) is 28.8 Å². The summed E-state index contributed by atoms with van der Waals surface area (Å²) in [6.07, 6.45) is 4.71. The fourth-order valence-electron chi connectivity index (χ4n) is 2.94. The lowest BCUT2D eigenvalue weighted by molar-refractivity contribution is -0.385. The van der Waals surface area contributed by atoms with E-state index in [9.17, 15) is 19.7 Å². The lowest BCUT2D eigenvalue weighted by Crippen LogP contribution is -2.27. The van der Waals surface area contributed by atoms with Gasteiger partial charge in [0, 0.05) is 36.5 Å². The van der Waals surface area contributed by atoms with Gasteiger partial charge in [-0.25, -0.2) is 0 Å². The number of hydrogen-bond donors (Lipinski definition) is 1. The van der Waals surface area contributed by atoms with E-state index < -0.39 is 10.8 Å². The van der Waals surface area contributed by atoms with Crippen molar-refractivity contribution in [3.63, 3.8) is 0 Å². The zero-order valence-corrected chi connectivity index (χ0v) is 14.6. The summed E-state index contributed by atoms with van der Waals surface area (Å²) in [7, 11) is 0. The SMILES string of the molecule is O=C(C=Cc1ccccc1[N+](=O)[O-])Nc1ccc(C(=O)N2CCCC2)cc1. The average Bonchev–Trinajstić information content (AvgIpc) is 3.21. The Morgan fingerprint density at radius 2 is 1.70 bits per heavy atom. The molecule has 7 nitrogen and oxygen atoms in total. The highest BCUT2D eigenvalue weighted by atomic mass is 16.6. The first-order valence-corrected chi connectivity index (χ1v) is 8.66. The highest BCUT2D eigenvalue weighted by Crippen LogP contribution is 2.19. The van der Waals surface area contributed by atoms with Crippen LogP contribution in [0.4, 0.5) is 11.4 Å². The minimum atomic E-state index is -0.492. The predicted molar refractivity (Wildman–Crippen MR) is 102 cm³/mol. The van der Waals surface area contributed by atoms with Crippen molar-refractivity contribution in [3.05, 3.63) is 75.8 Å². The second kappa shape index (κ2) is 8.27. The van der Waals surface area contributed by atoms with E-state index in [4.69, 9.17) is 0 Å². The molecule has 1 aliphatic rings. The zero-order valence-electron chi connectivity index (χ0n) is 14.6. The maximum atomic E-state index is 12.3. The summed E-state index contributed by atoms with van der Waals surface area (Å²) in [5, 5.41) is 13.7. The molecule has 1 aliphatic heterocycles. The van der Waals surface area contributed by atoms with Gasteiger partial charge in [0.25, 0.3) is 11.6 Å². The number of nitro groups is 1. The predicted octanol–water partition coefficient (Wildman–Crippen LogP) is 3.48. The van der Waals surface area contributed by atoms with Gasteiger partial charge in [0.2, 0.25) is 5.91 Å². The van der Waals surface area contributed by atoms with Crippen molar-refractivity contribution >= 4 is 29.3 Å². The standard InChI is InChI=1S/C20H19N3O4/c24-19(12-9-15-5-1-2-6-18(15)23(26)27)21-17-10-7-16(8-11-17)20(25)22-13-3-4-14-22/h1-2,5-12H,3-4,13-14H2,(H,21,24). The molecule has 1 fully saturated rings. The molecule has 0 atom stereocenters. The second-order valence-corrected chi connectivity index (χ2v) is 6.22. The van der Waals surface area contributed by atoms with E-state index in [0.29, 0.717) is 16.8 Å². The Hall–Kier alpha value is -3.48. The van der Waals surface area contributed by atoms with E-state index in [1.807, 2.05) is 4.90 Å². The van der Waals surface area contributed by atoms with Crippen molar-refractivity contribution in [1.82, 2.24) is 4.90 Å². The number of nitrogens with one attached hydrogen (secondary N) is 1. The molecule has 27 heavy (non-hydrogen) atoms. The maximum absolute atomic E-state index is 12.3. The zero-order chi connectivity index (χ0) is 19.2. The summed E-state index contributed by atoms with van der Waals surface area (Å²) < 4.78 is 0. The fourth-order valence-corrected chi connectivity index (χ4v) is 2.94. The number of nitrogens with zero attached hydrogens (tertiary/aromatic N) is 2. The number of para-hydroxylation sites is 1. The molecule has 0 radical (unpaired) electrons. The lowest BCUT2D eigenvalue weighted by Gasteiger charge is -2.15. The third-order valence-corrected chi connectivity index (χ3v) is 4.34. The number of anilines is 1. The number of carbonyl (C=O) groups is 2. The Kier molecular flexibility index (Phi) is 5.61. The summed E-state index contributed by atoms with van der Waals surface area (Å²) in [5.41, 5.74) is 1.42. The van der Waals surface area contributed by atoms with E-state index in [1.165, 1.54) is 18.2 Å². The Balaban J connectivity index is 1.63. The molecule has 1 heterocycles. The van der Waals surface area contributed by atoms with Crippen LogP contribution in [0, 0.1) is 10.1 Å². The normalized spacial score (nSPS) is 13.7. The van der Waals surface area contributed by atoms with Crippen LogP contribution in [0.15, 0.2) is 54.6 Å². The number of benzene rings is 2. The van der Waals surface area contributed by atoms with Crippen molar-refractivity contribution in [1.29, 1.82) is 0 Å². The van der Waals surface area contributed by atoms with Gasteiger partial charge >= 0.3 is 0 Å². The summed E-state index contributed by atoms with van der Waals surface area (Å²) in [5.74, 6) is -0.409. The highest BCUT2D eigenvalue weighted by Gasteiger charge is 2.19. The number of likely N-dealkylation sites (tertiary alicyclic amines) is 1. The van der Waals surface area contributed by atoms with E-state index in [1.54, 1.807) is 42.5 Å². The minimum Gasteiger partial charge on any atom is -0.339 e. The molecule has 0 spiro atoms. The first-order valence-electron chi connectivity index (χ1n) is 8.66. The van der Waals surface area contributed by atoms with Gasteiger partial charge in [0.05, 0.1) is 10.5 Å². The Labute approximate surface area is 156 Å². The van der Waals surface area contributed by atoms with E-state index >= 15 is 0 Å². The number of hydrogen-bond acceptors (Lipinski definition) is 4. The van der Waals surface area contributed by atoms with Crippen molar-refractivity contribution in [3.8, 4) is 0 Å². The Bertz CT molecular complexity index is 884. The molecule has 2 aromatic rings. The molecule has 2 amide bonds. The summed E-state index contributed by atoms with van der Waals surface area (Å²) in [6, 6.07) is 12.9. The van der Waals surface area contributed by atoms with Gasteiger partial charge in [0.15, 0.2) is 0 Å². The topological polar surface area (TPSA) is 92.5 Å². The third-order valence-electron chi connectivity index (χ3n) is 4.34. The molecule has 0 unspecified atom stereocenters. The molecule has 1 saturated heterocycles. The number of nitro benzene ring substituents is 1. The van der Waals surface area contributed by atoms with Gasteiger partial charge in [-0.1, -0.05) is 12.1 Å². The number of carbonyl (C=O) groups excluding carboxylic acids is 2. The van der Waals surface area contributed by atoms with Crippen LogP contribution in [0.25, 0.3) is 6.08 Å². The lowest BCUT2D eigenvalue weighted by atomic mass is 10.1. The van der Waals surface area contributed by atoms with Gasteiger partial charge in [-0.2, -0.15) is 0 Å². The molecular formula is C20H19N3O4. The quantitative estimate of drug-likeness (QED) is 0.499. The Morgan fingerprint density at radius 3 is 2.37 bits per heavy atom. The maximum Gasteiger partial charge on any atom is 0.276 e. The molecular weight excluding hydrogens is 346 g/mol. The Morgan fingerprint density at radius 1 is 1.04 bits per heavy atom. The fraction of sp³-hybridized carbons (Fsp3) is 0.200. The van der Waals surface area contributed by atoms with Crippen LogP contribution in [-0.2, 0) is 4.79 Å². The second-order valence-electron chi connectivity index (χ2n) is 6.22. The molecule has 138 valence electrons. The van der Waals surface area contributed by atoms with Crippen LogP contribution in [0.5, 0.6) is 0 Å². The van der Waals surface area contributed by atoms with Crippen LogP contribution in [0.2, 0.25) is 0 Å². The molecule has 3 rings (SSSR count). The monoisotopic (exact) mass is 365 g/mol. The molecule has 0 aliphatic carbocycles. The van der Waals surface area contributed by atoms with E-state index in [2.05, 4.69) is 5.32 Å². The van der Waals surface area contributed by atoms with Crippen molar-refractivity contribution in [2.75, 3.05) is 18.4 Å². The highest BCUT2D eigenvalue weighted by molar-refractivity contribution is 6.02. The molecule has 0 aromatic heterocycles. The third kappa shape index (κ3) is 4.58. The van der Waals surface area contributed by atoms with E-state index in [0.717, 1.165) is 25.9 Å². The first kappa shape index (κ1) is 18.3. The van der Waals surface area contributed by atoms with E-state index in [-0.39, 0.29) is 11.6 Å². The molecule has 2 aromatic carbocycles. The summed E-state index contributed by atoms with van der Waals surface area (Å²) in [4.78, 5) is 36.7. The molecule has 7 heteroatoms. The van der Waals surface area contributed by atoms with Gasteiger partial charge in [-0.3, -0.25) is 19.7 Å². The molecule has 0 saturated carbocycles. The van der Waals surface area contributed by atoms with Gasteiger partial charge in [-0.15, -0.1) is 0 Å². The van der Waals surface area contributed by atoms with Gasteiger partial charge in [-0.05, 0) is 49.2 Å². The minimum absolute atomic E-state index is 0.00154. The van der Waals surface area contributed by atoms with Crippen LogP contribution >= 0.6 is 0 Å². The average molecular weight is 365 g/mol. The van der Waals surface area contributed by atoms with Crippen LogP contribution < -0.4 is 5.32 Å². The number of amides is 2. The van der Waals surface area contributed by atoms with Gasteiger partial charge < -0.3 is 10.2 Å². The molecule has 0 bridgehead atoms. The van der Waals surface area contributed by atoms with Crippen LogP contribution in [0.3, 0.4) is 0 Å².